The number of piperidine rings is 1. The number of nitrogens with zero attached hydrogens (tertiary/aromatic N) is 1. The van der Waals surface area contributed by atoms with Gasteiger partial charge in [0.05, 0.1) is 37.4 Å². The zero-order valence-electron chi connectivity index (χ0n) is 16.5. The minimum absolute atomic E-state index is 0.0607. The molecule has 1 fully saturated rings. The lowest BCUT2D eigenvalue weighted by atomic mass is 10.0. The molecule has 3 rings (SSSR count). The lowest BCUT2D eigenvalue weighted by molar-refractivity contribution is -0.138. The Hall–Kier alpha value is -3.55. The Bertz CT molecular complexity index is 991. The van der Waals surface area contributed by atoms with Crippen molar-refractivity contribution in [2.24, 2.45) is 0 Å². The standard InChI is InChI=1S/C21H20N2O8/c24-17-6-5-16(19(27)22-17)23-20(28)14-4-3-13(12-15(14)21(23)29)2-1-8-30-10-11-31-9-7-18(25)26/h3-4,12,16H,5-11H2,(H,25,26)(H,22,24,27). The number of carboxylic acids is 1. The third kappa shape index (κ3) is 5.33. The molecule has 31 heavy (non-hydrogen) atoms. The summed E-state index contributed by atoms with van der Waals surface area (Å²) in [6, 6.07) is 3.57. The van der Waals surface area contributed by atoms with E-state index in [4.69, 9.17) is 14.6 Å². The summed E-state index contributed by atoms with van der Waals surface area (Å²) in [5.41, 5.74) is 0.857. The predicted molar refractivity (Wildman–Crippen MR) is 104 cm³/mol. The van der Waals surface area contributed by atoms with Gasteiger partial charge in [-0.25, -0.2) is 0 Å². The molecule has 2 aliphatic rings. The molecule has 0 spiro atoms. The van der Waals surface area contributed by atoms with E-state index in [1.807, 2.05) is 0 Å². The Balaban J connectivity index is 1.55. The first-order valence-corrected chi connectivity index (χ1v) is 9.60. The van der Waals surface area contributed by atoms with E-state index >= 15 is 0 Å². The molecule has 0 saturated carbocycles. The van der Waals surface area contributed by atoms with Crippen LogP contribution in [0.25, 0.3) is 0 Å². The molecule has 4 amide bonds. The monoisotopic (exact) mass is 428 g/mol. The van der Waals surface area contributed by atoms with Crippen LogP contribution in [-0.2, 0) is 23.9 Å². The summed E-state index contributed by atoms with van der Waals surface area (Å²) < 4.78 is 10.3. The molecule has 0 bridgehead atoms. The van der Waals surface area contributed by atoms with Crippen LogP contribution >= 0.6 is 0 Å². The van der Waals surface area contributed by atoms with Crippen molar-refractivity contribution in [2.75, 3.05) is 26.4 Å². The first-order valence-electron chi connectivity index (χ1n) is 9.60. The topological polar surface area (TPSA) is 139 Å². The summed E-state index contributed by atoms with van der Waals surface area (Å²) in [4.78, 5) is 60.0. The molecule has 2 aliphatic heterocycles. The van der Waals surface area contributed by atoms with Gasteiger partial charge in [0.15, 0.2) is 0 Å². The van der Waals surface area contributed by atoms with Gasteiger partial charge in [-0.15, -0.1) is 0 Å². The number of ether oxygens (including phenoxy) is 2. The molecule has 2 N–H and O–H groups in total. The number of fused-ring (bicyclic) bond motifs is 1. The number of benzene rings is 1. The van der Waals surface area contributed by atoms with Gasteiger partial charge in [0.1, 0.15) is 12.6 Å². The smallest absolute Gasteiger partial charge is 0.305 e. The van der Waals surface area contributed by atoms with Gasteiger partial charge in [-0.3, -0.25) is 34.2 Å². The number of nitrogens with one attached hydrogen (secondary N) is 1. The van der Waals surface area contributed by atoms with Crippen LogP contribution in [0.4, 0.5) is 0 Å². The van der Waals surface area contributed by atoms with Crippen LogP contribution in [0.15, 0.2) is 18.2 Å². The number of amides is 4. The largest absolute Gasteiger partial charge is 0.481 e. The Morgan fingerprint density at radius 3 is 2.58 bits per heavy atom. The SMILES string of the molecule is O=C(O)CCOCCOCC#Cc1ccc2c(c1)C(=O)N(C1CCC(=O)NC1=O)C2=O. The van der Waals surface area contributed by atoms with Gasteiger partial charge in [0.2, 0.25) is 11.8 Å². The van der Waals surface area contributed by atoms with Crippen molar-refractivity contribution in [1.82, 2.24) is 10.2 Å². The average Bonchev–Trinajstić information content (AvgIpc) is 2.97. The molecular weight excluding hydrogens is 408 g/mol. The molecule has 0 aromatic heterocycles. The Labute approximate surface area is 177 Å². The molecule has 1 unspecified atom stereocenters. The fraction of sp³-hybridized carbons (Fsp3) is 0.381. The summed E-state index contributed by atoms with van der Waals surface area (Å²) in [6.07, 6.45) is 0.0889. The first kappa shape index (κ1) is 22.1. The lowest BCUT2D eigenvalue weighted by Gasteiger charge is -2.27. The van der Waals surface area contributed by atoms with Crippen LogP contribution in [-0.4, -0.2) is 72.1 Å². The van der Waals surface area contributed by atoms with Crippen LogP contribution in [0.2, 0.25) is 0 Å². The molecule has 1 aromatic carbocycles. The Morgan fingerprint density at radius 1 is 1.10 bits per heavy atom. The van der Waals surface area contributed by atoms with E-state index in [0.717, 1.165) is 4.90 Å². The highest BCUT2D eigenvalue weighted by atomic mass is 16.5. The minimum atomic E-state index is -1.01. The van der Waals surface area contributed by atoms with Crippen molar-refractivity contribution in [2.45, 2.75) is 25.3 Å². The number of carbonyl (C=O) groups is 5. The molecule has 2 heterocycles. The van der Waals surface area contributed by atoms with E-state index < -0.39 is 35.6 Å². The quantitative estimate of drug-likeness (QED) is 0.334. The molecule has 162 valence electrons. The number of hydrogen-bond acceptors (Lipinski definition) is 7. The third-order valence-electron chi connectivity index (χ3n) is 4.68. The molecule has 1 saturated heterocycles. The maximum Gasteiger partial charge on any atom is 0.305 e. The summed E-state index contributed by atoms with van der Waals surface area (Å²) in [7, 11) is 0. The maximum absolute atomic E-state index is 12.7. The van der Waals surface area contributed by atoms with Crippen molar-refractivity contribution in [3.8, 4) is 11.8 Å². The number of rotatable bonds is 8. The normalized spacial score (nSPS) is 17.8. The second-order valence-electron chi connectivity index (χ2n) is 6.82. The van der Waals surface area contributed by atoms with Crippen LogP contribution in [0, 0.1) is 11.8 Å². The summed E-state index contributed by atoms with van der Waals surface area (Å²) >= 11 is 0. The second-order valence-corrected chi connectivity index (χ2v) is 6.82. The van der Waals surface area contributed by atoms with E-state index in [0.29, 0.717) is 5.56 Å². The number of imide groups is 2. The zero-order chi connectivity index (χ0) is 22.4. The van der Waals surface area contributed by atoms with Gasteiger partial charge < -0.3 is 14.6 Å². The van der Waals surface area contributed by atoms with Crippen molar-refractivity contribution in [3.05, 3.63) is 34.9 Å². The molecule has 10 heteroatoms. The third-order valence-corrected chi connectivity index (χ3v) is 4.68. The van der Waals surface area contributed by atoms with Crippen LogP contribution in [0.1, 0.15) is 45.5 Å². The molecule has 10 nitrogen and oxygen atoms in total. The van der Waals surface area contributed by atoms with E-state index in [1.54, 1.807) is 6.07 Å². The fourth-order valence-electron chi connectivity index (χ4n) is 3.19. The summed E-state index contributed by atoms with van der Waals surface area (Å²) in [5, 5.41) is 10.6. The van der Waals surface area contributed by atoms with Crippen LogP contribution in [0.5, 0.6) is 0 Å². The molecule has 0 aliphatic carbocycles. The fourth-order valence-corrected chi connectivity index (χ4v) is 3.19. The van der Waals surface area contributed by atoms with Crippen molar-refractivity contribution in [1.29, 1.82) is 0 Å². The highest BCUT2D eigenvalue weighted by Crippen LogP contribution is 2.28. The molecular formula is C21H20N2O8. The molecule has 0 radical (unpaired) electrons. The van der Waals surface area contributed by atoms with Crippen LogP contribution < -0.4 is 5.32 Å². The number of aliphatic carboxylic acids is 1. The second kappa shape index (κ2) is 9.97. The first-order chi connectivity index (χ1) is 14.9. The average molecular weight is 428 g/mol. The van der Waals surface area contributed by atoms with Crippen LogP contribution in [0.3, 0.4) is 0 Å². The predicted octanol–water partition coefficient (Wildman–Crippen LogP) is -0.0528. The van der Waals surface area contributed by atoms with Gasteiger partial charge in [-0.05, 0) is 24.6 Å². The summed E-state index contributed by atoms with van der Waals surface area (Å²) in [6.45, 7) is 0.726. The van der Waals surface area contributed by atoms with Gasteiger partial charge in [0, 0.05) is 12.0 Å². The zero-order valence-corrected chi connectivity index (χ0v) is 16.5. The van der Waals surface area contributed by atoms with E-state index in [-0.39, 0.29) is 56.8 Å². The maximum atomic E-state index is 12.7. The van der Waals surface area contributed by atoms with Crippen molar-refractivity contribution < 1.29 is 38.6 Å². The lowest BCUT2D eigenvalue weighted by Crippen LogP contribution is -2.54. The van der Waals surface area contributed by atoms with Gasteiger partial charge in [-0.2, -0.15) is 0 Å². The highest BCUT2D eigenvalue weighted by Gasteiger charge is 2.44. The highest BCUT2D eigenvalue weighted by molar-refractivity contribution is 6.23. The van der Waals surface area contributed by atoms with Crippen molar-refractivity contribution >= 4 is 29.6 Å². The van der Waals surface area contributed by atoms with Gasteiger partial charge in [-0.1, -0.05) is 11.8 Å². The Kier molecular flexibility index (Phi) is 7.12. The molecule has 1 aromatic rings. The van der Waals surface area contributed by atoms with Gasteiger partial charge >= 0.3 is 5.97 Å². The van der Waals surface area contributed by atoms with Crippen molar-refractivity contribution in [3.63, 3.8) is 0 Å². The van der Waals surface area contributed by atoms with E-state index in [1.165, 1.54) is 12.1 Å². The Morgan fingerprint density at radius 2 is 1.84 bits per heavy atom. The number of carboxylic acid groups (broad SMARTS) is 1. The minimum Gasteiger partial charge on any atom is -0.481 e. The number of hydrogen-bond donors (Lipinski definition) is 2. The molecule has 1 atom stereocenters. The van der Waals surface area contributed by atoms with E-state index in [9.17, 15) is 24.0 Å². The number of carbonyl (C=O) groups excluding carboxylic acids is 4. The van der Waals surface area contributed by atoms with Gasteiger partial charge in [0.25, 0.3) is 11.8 Å². The van der Waals surface area contributed by atoms with E-state index in [2.05, 4.69) is 17.2 Å². The summed E-state index contributed by atoms with van der Waals surface area (Å²) in [5.74, 6) is 2.45.